The fourth-order valence-corrected chi connectivity index (χ4v) is 2.77. The Morgan fingerprint density at radius 2 is 1.81 bits per heavy atom. The van der Waals surface area contributed by atoms with Crippen LogP contribution in [0.1, 0.15) is 18.9 Å². The van der Waals surface area contributed by atoms with Crippen LogP contribution in [-0.4, -0.2) is 23.5 Å². The molecule has 0 saturated heterocycles. The van der Waals surface area contributed by atoms with Gasteiger partial charge in [0.15, 0.2) is 5.60 Å². The number of rotatable bonds is 4. The molecule has 0 aliphatic carbocycles. The Kier molecular flexibility index (Phi) is 4.99. The molecule has 0 radical (unpaired) electrons. The minimum Gasteiger partial charge on any atom is -0.438 e. The van der Waals surface area contributed by atoms with E-state index in [1.54, 1.807) is 19.2 Å². The van der Waals surface area contributed by atoms with Crippen LogP contribution in [0.15, 0.2) is 52.8 Å². The van der Waals surface area contributed by atoms with Crippen LogP contribution >= 0.6 is 11.8 Å². The number of nitrogens with zero attached hydrogens (tertiary/aromatic N) is 2. The van der Waals surface area contributed by atoms with Gasteiger partial charge in [0, 0.05) is 0 Å². The van der Waals surface area contributed by atoms with E-state index in [1.165, 1.54) is 36.0 Å². The van der Waals surface area contributed by atoms with Crippen LogP contribution in [0.5, 0.6) is 11.5 Å². The van der Waals surface area contributed by atoms with Crippen LogP contribution in [0.3, 0.4) is 0 Å². The lowest BCUT2D eigenvalue weighted by molar-refractivity contribution is -0.274. The molecule has 1 aliphatic heterocycles. The molecule has 1 atom stereocenters. The number of hydrogen-bond acceptors (Lipinski definition) is 6. The molecule has 0 spiro atoms. The molecule has 1 aliphatic rings. The summed E-state index contributed by atoms with van der Waals surface area (Å²) in [5.41, 5.74) is -0.177. The summed E-state index contributed by atoms with van der Waals surface area (Å²) in [6.07, 6.45) is -0.877. The molecule has 2 heterocycles. The Morgan fingerprint density at radius 3 is 2.38 bits per heavy atom. The van der Waals surface area contributed by atoms with Gasteiger partial charge in [-0.15, -0.1) is 24.9 Å². The maximum absolute atomic E-state index is 12.2. The summed E-state index contributed by atoms with van der Waals surface area (Å²) in [6.45, 7) is 1.78. The number of ether oxygens (including phenoxy) is 2. The number of oxime groups is 1. The number of hydrogen-bond donors (Lipinski definition) is 0. The predicted octanol–water partition coefficient (Wildman–Crippen LogP) is 4.73. The Labute approximate surface area is 152 Å². The van der Waals surface area contributed by atoms with Crippen LogP contribution in [0.4, 0.5) is 13.2 Å². The van der Waals surface area contributed by atoms with Gasteiger partial charge in [-0.05, 0) is 43.0 Å². The van der Waals surface area contributed by atoms with Gasteiger partial charge in [0.05, 0.1) is 17.6 Å². The molecule has 2 aromatic rings. The number of thioether (sulfide) groups is 1. The first-order valence-corrected chi connectivity index (χ1v) is 8.79. The lowest BCUT2D eigenvalue weighted by atomic mass is 9.93. The summed E-state index contributed by atoms with van der Waals surface area (Å²) in [5.74, 6) is 0.602. The van der Waals surface area contributed by atoms with E-state index in [4.69, 9.17) is 9.57 Å². The number of alkyl halides is 3. The second-order valence-corrected chi connectivity index (χ2v) is 6.52. The van der Waals surface area contributed by atoms with Crippen LogP contribution in [-0.2, 0) is 10.4 Å². The first-order valence-electron chi connectivity index (χ1n) is 7.57. The van der Waals surface area contributed by atoms with Gasteiger partial charge in [-0.3, -0.25) is 0 Å². The number of benzene rings is 1. The highest BCUT2D eigenvalue weighted by Crippen LogP contribution is 2.36. The summed E-state index contributed by atoms with van der Waals surface area (Å²) >= 11 is 1.52. The Morgan fingerprint density at radius 1 is 1.12 bits per heavy atom. The fourth-order valence-electron chi connectivity index (χ4n) is 2.41. The van der Waals surface area contributed by atoms with E-state index in [0.29, 0.717) is 23.6 Å². The van der Waals surface area contributed by atoms with Crippen molar-refractivity contribution in [3.05, 3.63) is 48.2 Å². The highest BCUT2D eigenvalue weighted by atomic mass is 32.2. The van der Waals surface area contributed by atoms with Crippen molar-refractivity contribution in [3.63, 3.8) is 0 Å². The molecule has 5 nitrogen and oxygen atoms in total. The summed E-state index contributed by atoms with van der Waals surface area (Å²) in [5, 5.41) is 4.80. The molecule has 3 rings (SSSR count). The Bertz CT molecular complexity index is 794. The molecule has 0 bridgehead atoms. The van der Waals surface area contributed by atoms with E-state index in [1.807, 2.05) is 12.3 Å². The van der Waals surface area contributed by atoms with Crippen molar-refractivity contribution >= 4 is 17.7 Å². The van der Waals surface area contributed by atoms with Crippen LogP contribution in [0.25, 0.3) is 0 Å². The van der Waals surface area contributed by atoms with E-state index >= 15 is 0 Å². The molecule has 0 N–H and O–H groups in total. The van der Waals surface area contributed by atoms with Crippen molar-refractivity contribution in [2.45, 2.75) is 30.3 Å². The van der Waals surface area contributed by atoms with Gasteiger partial charge in [-0.25, -0.2) is 4.98 Å². The summed E-state index contributed by atoms with van der Waals surface area (Å²) < 4.78 is 46.2. The zero-order valence-electron chi connectivity index (χ0n) is 13.9. The minimum absolute atomic E-state index is 0.291. The Balaban J connectivity index is 1.65. The lowest BCUT2D eigenvalue weighted by Crippen LogP contribution is -2.23. The maximum Gasteiger partial charge on any atom is 0.573 e. The standard InChI is InChI=1S/C17H15F3N2O3S/c1-16(11-3-5-12(6-4-11)24-17(18,19)20)9-14(22-25-16)23-13-7-8-15(26-2)21-10-13/h3-8,10H,9H2,1-2H3/t16-/m1/s1. The topological polar surface area (TPSA) is 52.9 Å². The van der Waals surface area contributed by atoms with Crippen molar-refractivity contribution in [1.82, 2.24) is 4.98 Å². The molecule has 138 valence electrons. The van der Waals surface area contributed by atoms with Crippen molar-refractivity contribution < 1.29 is 27.5 Å². The minimum atomic E-state index is -4.72. The van der Waals surface area contributed by atoms with Crippen LogP contribution in [0.2, 0.25) is 0 Å². The zero-order valence-corrected chi connectivity index (χ0v) is 14.7. The normalized spacial score (nSPS) is 19.7. The zero-order chi connectivity index (χ0) is 18.8. The van der Waals surface area contributed by atoms with Gasteiger partial charge in [0.25, 0.3) is 0 Å². The molecule has 0 unspecified atom stereocenters. The van der Waals surface area contributed by atoms with Gasteiger partial charge < -0.3 is 14.3 Å². The SMILES string of the molecule is CSc1ccc(OC2=NO[C@@](C)(c3ccc(OC(F)(F)F)cc3)C2)cn1. The molecular weight excluding hydrogens is 369 g/mol. The van der Waals surface area contributed by atoms with Gasteiger partial charge in [-0.2, -0.15) is 0 Å². The molecular formula is C17H15F3N2O3S. The van der Waals surface area contributed by atoms with Gasteiger partial charge in [-0.1, -0.05) is 17.3 Å². The van der Waals surface area contributed by atoms with Crippen molar-refractivity contribution in [2.75, 3.05) is 6.26 Å². The molecule has 0 amide bonds. The van der Waals surface area contributed by atoms with Crippen LogP contribution in [0, 0.1) is 0 Å². The first kappa shape index (κ1) is 18.4. The first-order chi connectivity index (χ1) is 12.3. The third kappa shape index (κ3) is 4.40. The van der Waals surface area contributed by atoms with Crippen LogP contribution < -0.4 is 9.47 Å². The smallest absolute Gasteiger partial charge is 0.438 e. The number of pyridine rings is 1. The monoisotopic (exact) mass is 384 g/mol. The molecule has 1 aromatic heterocycles. The second-order valence-electron chi connectivity index (χ2n) is 5.69. The molecule has 0 saturated carbocycles. The fraction of sp³-hybridized carbons (Fsp3) is 0.294. The molecule has 26 heavy (non-hydrogen) atoms. The van der Waals surface area contributed by atoms with Gasteiger partial charge in [0.1, 0.15) is 11.5 Å². The predicted molar refractivity (Wildman–Crippen MR) is 90.3 cm³/mol. The highest BCUT2D eigenvalue weighted by Gasteiger charge is 2.38. The van der Waals surface area contributed by atoms with E-state index in [0.717, 1.165) is 5.03 Å². The van der Waals surface area contributed by atoms with Gasteiger partial charge in [0.2, 0.25) is 5.90 Å². The maximum atomic E-state index is 12.2. The van der Waals surface area contributed by atoms with E-state index < -0.39 is 12.0 Å². The average molecular weight is 384 g/mol. The van der Waals surface area contributed by atoms with E-state index in [2.05, 4.69) is 14.9 Å². The van der Waals surface area contributed by atoms with E-state index in [9.17, 15) is 13.2 Å². The largest absolute Gasteiger partial charge is 0.573 e. The van der Waals surface area contributed by atoms with E-state index in [-0.39, 0.29) is 5.75 Å². The third-order valence-corrected chi connectivity index (χ3v) is 4.35. The average Bonchev–Trinajstić information content (AvgIpc) is 2.97. The Hall–Kier alpha value is -2.42. The van der Waals surface area contributed by atoms with Gasteiger partial charge >= 0.3 is 6.36 Å². The third-order valence-electron chi connectivity index (χ3n) is 3.69. The quantitative estimate of drug-likeness (QED) is 0.714. The lowest BCUT2D eigenvalue weighted by Gasteiger charge is -2.21. The molecule has 0 fully saturated rings. The van der Waals surface area contributed by atoms with Crippen molar-refractivity contribution in [3.8, 4) is 11.5 Å². The highest BCUT2D eigenvalue weighted by molar-refractivity contribution is 7.98. The summed E-state index contributed by atoms with van der Waals surface area (Å²) in [7, 11) is 0. The number of halogens is 3. The molecule has 1 aromatic carbocycles. The van der Waals surface area contributed by atoms with Crippen molar-refractivity contribution in [1.29, 1.82) is 0 Å². The van der Waals surface area contributed by atoms with Crippen molar-refractivity contribution in [2.24, 2.45) is 5.16 Å². The number of aromatic nitrogens is 1. The summed E-state index contributed by atoms with van der Waals surface area (Å²) in [6, 6.07) is 9.10. The molecule has 9 heteroatoms. The summed E-state index contributed by atoms with van der Waals surface area (Å²) in [4.78, 5) is 9.68. The second kappa shape index (κ2) is 7.06.